The Morgan fingerprint density at radius 1 is 1.39 bits per heavy atom. The Morgan fingerprint density at radius 2 is 2.11 bits per heavy atom. The number of halogens is 5. The van der Waals surface area contributed by atoms with Crippen LogP contribution in [0.3, 0.4) is 0 Å². The second-order valence-electron chi connectivity index (χ2n) is 7.95. The maximum Gasteiger partial charge on any atom is 0.401 e. The first-order valence-corrected chi connectivity index (χ1v) is 9.17. The maximum absolute atomic E-state index is 14.0. The van der Waals surface area contributed by atoms with Crippen LogP contribution in [0.1, 0.15) is 38.8 Å². The fourth-order valence-corrected chi connectivity index (χ4v) is 4.23. The number of anilines is 1. The molecular weight excluding hydrogens is 402 g/mol. The molecule has 152 valence electrons. The van der Waals surface area contributed by atoms with Gasteiger partial charge in [0.15, 0.2) is 10.8 Å². The first-order valence-electron chi connectivity index (χ1n) is 8.80. The first kappa shape index (κ1) is 19.2. The van der Waals surface area contributed by atoms with Gasteiger partial charge in [0.2, 0.25) is 0 Å². The molecule has 1 aliphatic heterocycles. The Labute approximate surface area is 162 Å². The number of nitrogens with zero attached hydrogens (tertiary/aromatic N) is 4. The van der Waals surface area contributed by atoms with Gasteiger partial charge in [0.1, 0.15) is 11.1 Å². The highest BCUT2D eigenvalue weighted by Crippen LogP contribution is 2.50. The van der Waals surface area contributed by atoms with Gasteiger partial charge in [-0.3, -0.25) is 4.90 Å². The van der Waals surface area contributed by atoms with E-state index in [4.69, 9.17) is 11.6 Å². The lowest BCUT2D eigenvalue weighted by Gasteiger charge is -2.28. The number of rotatable bonds is 1. The van der Waals surface area contributed by atoms with Gasteiger partial charge >= 0.3 is 12.2 Å². The number of urea groups is 1. The van der Waals surface area contributed by atoms with Crippen LogP contribution in [0.2, 0.25) is 5.15 Å². The Hall–Kier alpha value is -2.10. The molecule has 2 aromatic rings. The maximum atomic E-state index is 14.0. The van der Waals surface area contributed by atoms with Crippen LogP contribution >= 0.6 is 11.6 Å². The minimum Gasteiger partial charge on any atom is -0.335 e. The van der Waals surface area contributed by atoms with Gasteiger partial charge in [-0.05, 0) is 26.7 Å². The average molecular weight is 420 g/mol. The standard InChI is InChI=1S/C17H18ClF4N5O/c1-15(19)4-3-9(6-15)24-14(28)26-8-16(2,17(20,21)22)13-10(26)7-23-12-5-11(18)25-27(12)13/h5,7,9H,3-4,6,8H2,1-2H3,(H,24,28)/t9?,15?,16-/m1/s1. The summed E-state index contributed by atoms with van der Waals surface area (Å²) in [5.74, 6) is 0. The van der Waals surface area contributed by atoms with Crippen molar-refractivity contribution in [1.82, 2.24) is 19.9 Å². The molecule has 3 heterocycles. The third kappa shape index (κ3) is 2.89. The summed E-state index contributed by atoms with van der Waals surface area (Å²) in [5.41, 5.74) is -3.79. The SMILES string of the molecule is CC1(F)CCC(NC(=O)N2C[C@@](C)(C(F)(F)F)c3c2cnc2cc(Cl)nn32)C1. The van der Waals surface area contributed by atoms with E-state index in [0.717, 1.165) is 16.3 Å². The molecule has 11 heteroatoms. The second-order valence-corrected chi connectivity index (χ2v) is 8.33. The predicted octanol–water partition coefficient (Wildman–Crippen LogP) is 4.01. The van der Waals surface area contributed by atoms with Gasteiger partial charge in [-0.1, -0.05) is 11.6 Å². The van der Waals surface area contributed by atoms with Gasteiger partial charge < -0.3 is 5.32 Å². The van der Waals surface area contributed by atoms with Gasteiger partial charge in [-0.2, -0.15) is 18.3 Å². The zero-order chi connectivity index (χ0) is 20.5. The highest BCUT2D eigenvalue weighted by Gasteiger charge is 2.60. The fraction of sp³-hybridized carbons (Fsp3) is 0.588. The van der Waals surface area contributed by atoms with E-state index >= 15 is 0 Å². The average Bonchev–Trinajstić information content (AvgIpc) is 3.20. The summed E-state index contributed by atoms with van der Waals surface area (Å²) in [6.45, 7) is 1.84. The number of hydrogen-bond donors (Lipinski definition) is 1. The molecule has 2 unspecified atom stereocenters. The van der Waals surface area contributed by atoms with Crippen molar-refractivity contribution in [2.24, 2.45) is 0 Å². The fourth-order valence-electron chi connectivity index (χ4n) is 4.06. The molecule has 2 amide bonds. The Kier molecular flexibility index (Phi) is 4.08. The van der Waals surface area contributed by atoms with Crippen molar-refractivity contribution in [2.75, 3.05) is 11.4 Å². The van der Waals surface area contributed by atoms with Crippen LogP contribution < -0.4 is 10.2 Å². The highest BCUT2D eigenvalue weighted by molar-refractivity contribution is 6.29. The van der Waals surface area contributed by atoms with Crippen LogP contribution in [0.4, 0.5) is 28.0 Å². The van der Waals surface area contributed by atoms with Crippen LogP contribution in [-0.2, 0) is 5.41 Å². The summed E-state index contributed by atoms with van der Waals surface area (Å²) in [6, 6.07) is 0.206. The molecule has 4 rings (SSSR count). The van der Waals surface area contributed by atoms with E-state index in [9.17, 15) is 22.4 Å². The van der Waals surface area contributed by atoms with Crippen LogP contribution in [0.5, 0.6) is 0 Å². The third-order valence-corrected chi connectivity index (χ3v) is 5.79. The van der Waals surface area contributed by atoms with Crippen LogP contribution in [0.25, 0.3) is 5.65 Å². The van der Waals surface area contributed by atoms with Crippen LogP contribution in [0, 0.1) is 0 Å². The molecule has 2 aliphatic rings. The summed E-state index contributed by atoms with van der Waals surface area (Å²) in [7, 11) is 0. The van der Waals surface area contributed by atoms with E-state index in [0.29, 0.717) is 12.8 Å². The Morgan fingerprint density at radius 3 is 2.71 bits per heavy atom. The topological polar surface area (TPSA) is 62.5 Å². The Balaban J connectivity index is 1.74. The molecule has 0 bridgehead atoms. The van der Waals surface area contributed by atoms with E-state index in [1.54, 1.807) is 0 Å². The van der Waals surface area contributed by atoms with Crippen LogP contribution in [-0.4, -0.2) is 45.1 Å². The molecule has 3 atom stereocenters. The number of hydrogen-bond acceptors (Lipinski definition) is 3. The summed E-state index contributed by atoms with van der Waals surface area (Å²) in [4.78, 5) is 17.8. The van der Waals surface area contributed by atoms with E-state index in [1.807, 2.05) is 0 Å². The zero-order valence-electron chi connectivity index (χ0n) is 15.1. The van der Waals surface area contributed by atoms with Crippen molar-refractivity contribution in [3.8, 4) is 0 Å². The Bertz CT molecular complexity index is 959. The summed E-state index contributed by atoms with van der Waals surface area (Å²) < 4.78 is 57.1. The van der Waals surface area contributed by atoms with Gasteiger partial charge in [-0.25, -0.2) is 18.7 Å². The molecule has 0 aromatic carbocycles. The lowest BCUT2D eigenvalue weighted by Crippen LogP contribution is -2.49. The molecule has 1 saturated carbocycles. The highest BCUT2D eigenvalue weighted by atomic mass is 35.5. The van der Waals surface area contributed by atoms with Crippen LogP contribution in [0.15, 0.2) is 12.3 Å². The minimum absolute atomic E-state index is 0.00140. The monoisotopic (exact) mass is 419 g/mol. The smallest absolute Gasteiger partial charge is 0.335 e. The van der Waals surface area contributed by atoms with Crippen molar-refractivity contribution in [2.45, 2.75) is 56.4 Å². The number of amides is 2. The molecule has 28 heavy (non-hydrogen) atoms. The molecular formula is C17H18ClF4N5O. The molecule has 1 fully saturated rings. The number of fused-ring (bicyclic) bond motifs is 3. The van der Waals surface area contributed by atoms with E-state index < -0.39 is 35.9 Å². The van der Waals surface area contributed by atoms with Gasteiger partial charge in [0.05, 0.1) is 17.6 Å². The quantitative estimate of drug-likeness (QED) is 0.710. The van der Waals surface area contributed by atoms with E-state index in [1.165, 1.54) is 19.2 Å². The van der Waals surface area contributed by atoms with Gasteiger partial charge in [0.25, 0.3) is 0 Å². The molecule has 0 radical (unpaired) electrons. The van der Waals surface area contributed by atoms with E-state index in [-0.39, 0.29) is 28.6 Å². The van der Waals surface area contributed by atoms with Crippen molar-refractivity contribution >= 4 is 29.0 Å². The summed E-state index contributed by atoms with van der Waals surface area (Å²) in [5, 5.41) is 6.58. The number of carbonyl (C=O) groups is 1. The van der Waals surface area contributed by atoms with Crippen molar-refractivity contribution in [3.05, 3.63) is 23.1 Å². The first-order chi connectivity index (χ1) is 12.9. The molecule has 1 aliphatic carbocycles. The molecule has 6 nitrogen and oxygen atoms in total. The lowest BCUT2D eigenvalue weighted by atomic mass is 9.88. The number of aromatic nitrogens is 3. The number of nitrogens with one attached hydrogen (secondary N) is 1. The van der Waals surface area contributed by atoms with Gasteiger partial charge in [-0.15, -0.1) is 0 Å². The molecule has 0 spiro atoms. The largest absolute Gasteiger partial charge is 0.401 e. The second kappa shape index (κ2) is 5.95. The third-order valence-electron chi connectivity index (χ3n) is 5.61. The summed E-state index contributed by atoms with van der Waals surface area (Å²) in [6.07, 6.45) is -2.58. The van der Waals surface area contributed by atoms with Crippen molar-refractivity contribution in [3.63, 3.8) is 0 Å². The molecule has 2 aromatic heterocycles. The van der Waals surface area contributed by atoms with Gasteiger partial charge in [0, 0.05) is 25.1 Å². The normalized spacial score (nSPS) is 30.1. The summed E-state index contributed by atoms with van der Waals surface area (Å²) >= 11 is 5.85. The van der Waals surface area contributed by atoms with Crippen molar-refractivity contribution in [1.29, 1.82) is 0 Å². The number of alkyl halides is 4. The minimum atomic E-state index is -4.64. The lowest BCUT2D eigenvalue weighted by molar-refractivity contribution is -0.181. The zero-order valence-corrected chi connectivity index (χ0v) is 15.9. The van der Waals surface area contributed by atoms with Crippen molar-refractivity contribution < 1.29 is 22.4 Å². The molecule has 0 saturated heterocycles. The molecule has 1 N–H and O–H groups in total. The van der Waals surface area contributed by atoms with E-state index in [2.05, 4.69) is 15.4 Å². The number of carbonyl (C=O) groups excluding carboxylic acids is 1. The predicted molar refractivity (Wildman–Crippen MR) is 94.4 cm³/mol.